The summed E-state index contributed by atoms with van der Waals surface area (Å²) in [5, 5.41) is 3.32. The summed E-state index contributed by atoms with van der Waals surface area (Å²) in [6.07, 6.45) is -3.85. The molecule has 2 aromatic rings. The zero-order chi connectivity index (χ0) is 21.5. The number of carbonyl (C=O) groups is 1. The molecule has 0 unspecified atom stereocenters. The van der Waals surface area contributed by atoms with Gasteiger partial charge in [-0.25, -0.2) is 0 Å². The molecule has 0 saturated carbocycles. The monoisotopic (exact) mass is 419 g/mol. The van der Waals surface area contributed by atoms with Crippen LogP contribution in [0.1, 0.15) is 28.8 Å². The van der Waals surface area contributed by atoms with Crippen LogP contribution in [0, 0.1) is 5.92 Å². The van der Waals surface area contributed by atoms with Gasteiger partial charge in [0.2, 0.25) is 0 Å². The molecule has 0 aromatic heterocycles. The van der Waals surface area contributed by atoms with E-state index in [4.69, 9.17) is 4.74 Å². The Morgan fingerprint density at radius 3 is 2.33 bits per heavy atom. The van der Waals surface area contributed by atoms with Gasteiger partial charge in [0.1, 0.15) is 5.75 Å². The Morgan fingerprint density at radius 2 is 1.73 bits per heavy atom. The van der Waals surface area contributed by atoms with Crippen LogP contribution in [0.25, 0.3) is 0 Å². The minimum Gasteiger partial charge on any atom is -0.494 e. The Kier molecular flexibility index (Phi) is 5.26. The summed E-state index contributed by atoms with van der Waals surface area (Å²) in [5.41, 5.74) is 4.02. The highest BCUT2D eigenvalue weighted by Gasteiger charge is 2.41. The van der Waals surface area contributed by atoms with Gasteiger partial charge in [-0.3, -0.25) is 4.79 Å². The van der Waals surface area contributed by atoms with Crippen molar-refractivity contribution in [3.8, 4) is 5.75 Å². The van der Waals surface area contributed by atoms with Crippen LogP contribution in [0.5, 0.6) is 5.75 Å². The topological polar surface area (TPSA) is 44.8 Å². The number of hydrogen-bond acceptors (Lipinski definition) is 4. The number of halogens is 3. The number of piperidine rings is 1. The third-order valence-electron chi connectivity index (χ3n) is 5.91. The maximum absolute atomic E-state index is 12.9. The molecule has 1 fully saturated rings. The van der Waals surface area contributed by atoms with E-state index in [1.807, 2.05) is 35.2 Å². The van der Waals surface area contributed by atoms with Crippen LogP contribution in [-0.4, -0.2) is 44.2 Å². The molecule has 4 rings (SSSR count). The number of benzene rings is 2. The van der Waals surface area contributed by atoms with Gasteiger partial charge in [-0.2, -0.15) is 13.2 Å². The van der Waals surface area contributed by atoms with Gasteiger partial charge < -0.3 is 19.9 Å². The number of alkyl halides is 3. The number of nitrogens with one attached hydrogen (secondary N) is 1. The highest BCUT2D eigenvalue weighted by atomic mass is 19.4. The minimum atomic E-state index is -4.10. The van der Waals surface area contributed by atoms with Gasteiger partial charge in [0.15, 0.2) is 0 Å². The lowest BCUT2D eigenvalue weighted by Gasteiger charge is -2.34. The van der Waals surface area contributed by atoms with Crippen LogP contribution in [0.3, 0.4) is 0 Å². The average Bonchev–Trinajstić information content (AvgIpc) is 3.02. The number of hydrogen-bond donors (Lipinski definition) is 1. The van der Waals surface area contributed by atoms with E-state index in [1.54, 1.807) is 25.1 Å². The van der Waals surface area contributed by atoms with Crippen LogP contribution in [-0.2, 0) is 6.54 Å². The van der Waals surface area contributed by atoms with Crippen molar-refractivity contribution in [2.24, 2.45) is 5.92 Å². The number of fused-ring (bicyclic) bond motifs is 1. The van der Waals surface area contributed by atoms with Crippen molar-refractivity contribution in [3.63, 3.8) is 0 Å². The molecule has 1 N–H and O–H groups in total. The second kappa shape index (κ2) is 7.74. The van der Waals surface area contributed by atoms with Crippen LogP contribution in [0.4, 0.5) is 30.2 Å². The molecule has 2 aliphatic rings. The molecule has 2 aromatic carbocycles. The largest absolute Gasteiger partial charge is 0.494 e. The first-order valence-electron chi connectivity index (χ1n) is 9.92. The Morgan fingerprint density at radius 1 is 1.07 bits per heavy atom. The SMILES string of the molecule is COc1c(Nc2ccc(N3CCC(C(F)(F)F)CC3)cc2)ccc2c1CN(C)C2=O. The number of nitrogens with zero attached hydrogens (tertiary/aromatic N) is 2. The van der Waals surface area contributed by atoms with Crippen molar-refractivity contribution in [1.82, 2.24) is 4.90 Å². The van der Waals surface area contributed by atoms with Crippen LogP contribution < -0.4 is 15.0 Å². The van der Waals surface area contributed by atoms with E-state index in [9.17, 15) is 18.0 Å². The van der Waals surface area contributed by atoms with Crippen molar-refractivity contribution in [2.75, 3.05) is 37.5 Å². The van der Waals surface area contributed by atoms with Crippen molar-refractivity contribution >= 4 is 23.0 Å². The predicted molar refractivity (Wildman–Crippen MR) is 110 cm³/mol. The number of carbonyl (C=O) groups excluding carboxylic acids is 1. The summed E-state index contributed by atoms with van der Waals surface area (Å²) >= 11 is 0. The fourth-order valence-electron chi connectivity index (χ4n) is 4.21. The number of ether oxygens (including phenoxy) is 1. The van der Waals surface area contributed by atoms with E-state index >= 15 is 0 Å². The molecule has 0 radical (unpaired) electrons. The zero-order valence-electron chi connectivity index (χ0n) is 16.9. The zero-order valence-corrected chi connectivity index (χ0v) is 16.9. The third kappa shape index (κ3) is 3.78. The fraction of sp³-hybridized carbons (Fsp3) is 0.409. The van der Waals surface area contributed by atoms with Gasteiger partial charge >= 0.3 is 6.18 Å². The third-order valence-corrected chi connectivity index (χ3v) is 5.91. The van der Waals surface area contributed by atoms with Crippen molar-refractivity contribution in [3.05, 3.63) is 47.5 Å². The Balaban J connectivity index is 1.46. The first-order valence-corrected chi connectivity index (χ1v) is 9.92. The summed E-state index contributed by atoms with van der Waals surface area (Å²) in [7, 11) is 3.34. The molecule has 1 amide bonds. The molecule has 30 heavy (non-hydrogen) atoms. The van der Waals surface area contributed by atoms with Gasteiger partial charge in [0.25, 0.3) is 5.91 Å². The second-order valence-electron chi connectivity index (χ2n) is 7.81. The molecule has 2 heterocycles. The lowest BCUT2D eigenvalue weighted by atomic mass is 9.96. The molecule has 0 spiro atoms. The molecule has 0 bridgehead atoms. The van der Waals surface area contributed by atoms with Gasteiger partial charge in [-0.1, -0.05) is 0 Å². The van der Waals surface area contributed by atoms with Crippen molar-refractivity contribution in [1.29, 1.82) is 0 Å². The molecule has 2 aliphatic heterocycles. The molecule has 0 atom stereocenters. The molecule has 0 aliphatic carbocycles. The summed E-state index contributed by atoms with van der Waals surface area (Å²) in [5.74, 6) is -0.579. The maximum atomic E-state index is 12.9. The second-order valence-corrected chi connectivity index (χ2v) is 7.81. The molecule has 160 valence electrons. The van der Waals surface area contributed by atoms with Crippen molar-refractivity contribution < 1.29 is 22.7 Å². The van der Waals surface area contributed by atoms with E-state index < -0.39 is 12.1 Å². The van der Waals surface area contributed by atoms with E-state index in [0.29, 0.717) is 30.9 Å². The lowest BCUT2D eigenvalue weighted by Crippen LogP contribution is -2.38. The number of amides is 1. The predicted octanol–water partition coefficient (Wildman–Crippen LogP) is 4.80. The lowest BCUT2D eigenvalue weighted by molar-refractivity contribution is -0.179. The van der Waals surface area contributed by atoms with E-state index in [0.717, 1.165) is 22.6 Å². The van der Waals surface area contributed by atoms with Crippen LogP contribution in [0.2, 0.25) is 0 Å². The molecule has 8 heteroatoms. The van der Waals surface area contributed by atoms with Gasteiger partial charge in [-0.05, 0) is 49.2 Å². The highest BCUT2D eigenvalue weighted by molar-refractivity contribution is 6.00. The van der Waals surface area contributed by atoms with Crippen LogP contribution >= 0.6 is 0 Å². The van der Waals surface area contributed by atoms with Crippen molar-refractivity contribution in [2.45, 2.75) is 25.6 Å². The first kappa shape index (κ1) is 20.4. The van der Waals surface area contributed by atoms with E-state index in [-0.39, 0.29) is 18.7 Å². The summed E-state index contributed by atoms with van der Waals surface area (Å²) in [6.45, 7) is 1.30. The maximum Gasteiger partial charge on any atom is 0.391 e. The Bertz CT molecular complexity index is 936. The first-order chi connectivity index (χ1) is 14.3. The van der Waals surface area contributed by atoms with E-state index in [1.165, 1.54) is 0 Å². The number of rotatable bonds is 4. The smallest absolute Gasteiger partial charge is 0.391 e. The number of methoxy groups -OCH3 is 1. The summed E-state index contributed by atoms with van der Waals surface area (Å²) < 4.78 is 44.2. The standard InChI is InChI=1S/C22H24F3N3O2/c1-27-13-18-17(21(27)29)7-8-19(20(18)30-2)26-15-3-5-16(6-4-15)28-11-9-14(10-12-28)22(23,24)25/h3-8,14,26H,9-13H2,1-2H3. The minimum absolute atomic E-state index is 0.0199. The summed E-state index contributed by atoms with van der Waals surface area (Å²) in [4.78, 5) is 15.8. The fourth-order valence-corrected chi connectivity index (χ4v) is 4.21. The average molecular weight is 419 g/mol. The van der Waals surface area contributed by atoms with Gasteiger partial charge in [-0.15, -0.1) is 0 Å². The molecule has 1 saturated heterocycles. The Labute approximate surface area is 173 Å². The Hall–Kier alpha value is -2.90. The molecular formula is C22H24F3N3O2. The molecule has 5 nitrogen and oxygen atoms in total. The highest BCUT2D eigenvalue weighted by Crippen LogP contribution is 2.39. The number of anilines is 3. The quantitative estimate of drug-likeness (QED) is 0.773. The van der Waals surface area contributed by atoms with Gasteiger partial charge in [0.05, 0.1) is 25.3 Å². The van der Waals surface area contributed by atoms with Gasteiger partial charge in [0, 0.05) is 42.6 Å². The molecular weight excluding hydrogens is 395 g/mol. The van der Waals surface area contributed by atoms with E-state index in [2.05, 4.69) is 5.32 Å². The summed E-state index contributed by atoms with van der Waals surface area (Å²) in [6, 6.07) is 11.2. The normalized spacial score (nSPS) is 17.3. The van der Waals surface area contributed by atoms with Crippen LogP contribution in [0.15, 0.2) is 36.4 Å².